The Kier molecular flexibility index (Phi) is 4.60. The minimum Gasteiger partial charge on any atom is -0.490 e. The average Bonchev–Trinajstić information content (AvgIpc) is 2.41. The Balaban J connectivity index is 1.94. The first kappa shape index (κ1) is 13.9. The quantitative estimate of drug-likeness (QED) is 0.841. The third kappa shape index (κ3) is 4.31. The van der Waals surface area contributed by atoms with Gasteiger partial charge in [-0.25, -0.2) is 0 Å². The van der Waals surface area contributed by atoms with Crippen LogP contribution in [0.4, 0.5) is 11.4 Å². The van der Waals surface area contributed by atoms with Gasteiger partial charge in [0.25, 0.3) is 0 Å². The summed E-state index contributed by atoms with van der Waals surface area (Å²) < 4.78 is 5.52. The summed E-state index contributed by atoms with van der Waals surface area (Å²) in [5.74, 6) is -0.197. The number of anilines is 2. The second kappa shape index (κ2) is 6.61. The van der Waals surface area contributed by atoms with E-state index in [0.717, 1.165) is 11.4 Å². The molecule has 0 amide bonds. The summed E-state index contributed by atoms with van der Waals surface area (Å²) in [6.07, 6.45) is -0.357. The van der Waals surface area contributed by atoms with Crippen molar-refractivity contribution in [3.8, 4) is 5.75 Å². The van der Waals surface area contributed by atoms with Crippen molar-refractivity contribution in [3.63, 3.8) is 0 Å². The Bertz CT molecular complexity index is 552. The van der Waals surface area contributed by atoms with Gasteiger partial charge in [-0.1, -0.05) is 18.2 Å². The lowest BCUT2D eigenvalue weighted by atomic mass is 10.2. The molecule has 4 heteroatoms. The number of hydrogen-bond acceptors (Lipinski definition) is 3. The summed E-state index contributed by atoms with van der Waals surface area (Å²) in [5, 5.41) is 11.9. The first-order valence-electron chi connectivity index (χ1n) is 6.44. The highest BCUT2D eigenvalue weighted by Crippen LogP contribution is 2.20. The fourth-order valence-corrected chi connectivity index (χ4v) is 1.82. The molecule has 4 nitrogen and oxygen atoms in total. The summed E-state index contributed by atoms with van der Waals surface area (Å²) in [7, 11) is 0. The molecule has 0 unspecified atom stereocenters. The van der Waals surface area contributed by atoms with Crippen LogP contribution in [-0.4, -0.2) is 17.2 Å². The lowest BCUT2D eigenvalue weighted by Crippen LogP contribution is -2.16. The van der Waals surface area contributed by atoms with Crippen LogP contribution in [0.1, 0.15) is 13.3 Å². The molecule has 0 aliphatic heterocycles. The molecule has 1 atom stereocenters. The number of benzene rings is 2. The smallest absolute Gasteiger partial charge is 0.307 e. The van der Waals surface area contributed by atoms with E-state index in [4.69, 9.17) is 9.84 Å². The van der Waals surface area contributed by atoms with Gasteiger partial charge in [-0.05, 0) is 43.3 Å². The van der Waals surface area contributed by atoms with Crippen LogP contribution in [0.25, 0.3) is 0 Å². The number of hydrogen-bond donors (Lipinski definition) is 2. The highest BCUT2D eigenvalue weighted by molar-refractivity contribution is 5.67. The van der Waals surface area contributed by atoms with Gasteiger partial charge in [0, 0.05) is 11.4 Å². The van der Waals surface area contributed by atoms with Gasteiger partial charge in [0.2, 0.25) is 0 Å². The summed E-state index contributed by atoms with van der Waals surface area (Å²) >= 11 is 0. The fraction of sp³-hybridized carbons (Fsp3) is 0.188. The summed E-state index contributed by atoms with van der Waals surface area (Å²) in [4.78, 5) is 10.6. The van der Waals surface area contributed by atoms with Crippen LogP contribution in [0.5, 0.6) is 5.75 Å². The van der Waals surface area contributed by atoms with E-state index < -0.39 is 5.97 Å². The van der Waals surface area contributed by atoms with E-state index in [0.29, 0.717) is 5.75 Å². The molecule has 0 fully saturated rings. The molecule has 0 aromatic heterocycles. The second-order valence-electron chi connectivity index (χ2n) is 4.54. The third-order valence-corrected chi connectivity index (χ3v) is 2.72. The molecule has 20 heavy (non-hydrogen) atoms. The zero-order valence-electron chi connectivity index (χ0n) is 11.2. The van der Waals surface area contributed by atoms with Gasteiger partial charge in [0.05, 0.1) is 6.42 Å². The van der Waals surface area contributed by atoms with Gasteiger partial charge in [0.15, 0.2) is 0 Å². The van der Waals surface area contributed by atoms with Gasteiger partial charge >= 0.3 is 5.97 Å². The van der Waals surface area contributed by atoms with Crippen molar-refractivity contribution in [2.45, 2.75) is 19.4 Å². The number of carboxylic acid groups (broad SMARTS) is 1. The number of nitrogens with one attached hydrogen (secondary N) is 1. The van der Waals surface area contributed by atoms with E-state index in [2.05, 4.69) is 5.32 Å². The van der Waals surface area contributed by atoms with Crippen molar-refractivity contribution in [3.05, 3.63) is 54.6 Å². The van der Waals surface area contributed by atoms with Crippen molar-refractivity contribution in [1.82, 2.24) is 0 Å². The maximum atomic E-state index is 10.6. The molecule has 2 rings (SSSR count). The van der Waals surface area contributed by atoms with Crippen LogP contribution < -0.4 is 10.1 Å². The molecule has 104 valence electrons. The number of rotatable bonds is 6. The van der Waals surface area contributed by atoms with Crippen LogP contribution in [0.2, 0.25) is 0 Å². The van der Waals surface area contributed by atoms with Gasteiger partial charge in [0.1, 0.15) is 11.9 Å². The number of aliphatic carboxylic acids is 1. The van der Waals surface area contributed by atoms with Crippen molar-refractivity contribution < 1.29 is 14.6 Å². The van der Waals surface area contributed by atoms with Crippen molar-refractivity contribution in [1.29, 1.82) is 0 Å². The van der Waals surface area contributed by atoms with E-state index >= 15 is 0 Å². The molecule has 2 aromatic rings. The average molecular weight is 271 g/mol. The molecule has 0 aliphatic carbocycles. The maximum Gasteiger partial charge on any atom is 0.307 e. The Hall–Kier alpha value is -2.49. The lowest BCUT2D eigenvalue weighted by molar-refractivity contribution is -0.138. The molecule has 0 saturated carbocycles. The van der Waals surface area contributed by atoms with Crippen LogP contribution in [0.3, 0.4) is 0 Å². The SMILES string of the molecule is C[C@@H](CC(=O)O)Oc1ccc(Nc2ccccc2)cc1. The molecule has 0 aliphatic rings. The van der Waals surface area contributed by atoms with Gasteiger partial charge in [-0.15, -0.1) is 0 Å². The van der Waals surface area contributed by atoms with Crippen LogP contribution in [0.15, 0.2) is 54.6 Å². The highest BCUT2D eigenvalue weighted by Gasteiger charge is 2.08. The molecular weight excluding hydrogens is 254 g/mol. The van der Waals surface area contributed by atoms with Gasteiger partial charge < -0.3 is 15.2 Å². The molecule has 0 saturated heterocycles. The molecule has 0 bridgehead atoms. The van der Waals surface area contributed by atoms with Gasteiger partial charge in [-0.2, -0.15) is 0 Å². The Morgan fingerprint density at radius 2 is 1.70 bits per heavy atom. The summed E-state index contributed by atoms with van der Waals surface area (Å²) in [6, 6.07) is 17.3. The highest BCUT2D eigenvalue weighted by atomic mass is 16.5. The first-order chi connectivity index (χ1) is 9.63. The summed E-state index contributed by atoms with van der Waals surface area (Å²) in [6.45, 7) is 1.74. The van der Waals surface area contributed by atoms with E-state index in [9.17, 15) is 4.79 Å². The van der Waals surface area contributed by atoms with Gasteiger partial charge in [-0.3, -0.25) is 4.79 Å². The number of ether oxygens (including phenoxy) is 1. The largest absolute Gasteiger partial charge is 0.490 e. The molecular formula is C16H17NO3. The molecule has 2 N–H and O–H groups in total. The molecule has 0 heterocycles. The van der Waals surface area contributed by atoms with Crippen molar-refractivity contribution >= 4 is 17.3 Å². The fourth-order valence-electron chi connectivity index (χ4n) is 1.82. The first-order valence-corrected chi connectivity index (χ1v) is 6.44. The predicted octanol–water partition coefficient (Wildman–Crippen LogP) is 3.67. The number of para-hydroxylation sites is 1. The second-order valence-corrected chi connectivity index (χ2v) is 4.54. The molecule has 0 radical (unpaired) electrons. The minimum absolute atomic E-state index is 0.00990. The van der Waals surface area contributed by atoms with Crippen LogP contribution in [0, 0.1) is 0 Å². The normalized spacial score (nSPS) is 11.7. The van der Waals surface area contributed by atoms with E-state index in [-0.39, 0.29) is 12.5 Å². The molecule has 2 aromatic carbocycles. The van der Waals surface area contributed by atoms with Crippen molar-refractivity contribution in [2.75, 3.05) is 5.32 Å². The zero-order chi connectivity index (χ0) is 14.4. The monoisotopic (exact) mass is 271 g/mol. The number of carboxylic acids is 1. The van der Waals surface area contributed by atoms with Crippen molar-refractivity contribution in [2.24, 2.45) is 0 Å². The zero-order valence-corrected chi connectivity index (χ0v) is 11.2. The number of carbonyl (C=O) groups is 1. The Morgan fingerprint density at radius 1 is 1.10 bits per heavy atom. The third-order valence-electron chi connectivity index (χ3n) is 2.72. The molecule has 0 spiro atoms. The lowest BCUT2D eigenvalue weighted by Gasteiger charge is -2.13. The van der Waals surface area contributed by atoms with Crippen LogP contribution >= 0.6 is 0 Å². The van der Waals surface area contributed by atoms with E-state index in [1.165, 1.54) is 0 Å². The maximum absolute atomic E-state index is 10.6. The Labute approximate surface area is 118 Å². The predicted molar refractivity (Wildman–Crippen MR) is 78.5 cm³/mol. The standard InChI is InChI=1S/C16H17NO3/c1-12(11-16(18)19)20-15-9-7-14(8-10-15)17-13-5-3-2-4-6-13/h2-10,12,17H,11H2,1H3,(H,18,19)/t12-/m0/s1. The van der Waals surface area contributed by atoms with E-state index in [1.807, 2.05) is 54.6 Å². The van der Waals surface area contributed by atoms with Crippen LogP contribution in [-0.2, 0) is 4.79 Å². The van der Waals surface area contributed by atoms with E-state index in [1.54, 1.807) is 6.92 Å². The Morgan fingerprint density at radius 3 is 2.30 bits per heavy atom. The minimum atomic E-state index is -0.861. The topological polar surface area (TPSA) is 58.6 Å². The summed E-state index contributed by atoms with van der Waals surface area (Å²) in [5.41, 5.74) is 1.97.